The molecule has 0 spiro atoms. The Bertz CT molecular complexity index is 768. The average molecular weight is 380 g/mol. The Morgan fingerprint density at radius 1 is 1.21 bits per heavy atom. The van der Waals surface area contributed by atoms with E-state index in [1.54, 1.807) is 12.3 Å². The highest BCUT2D eigenvalue weighted by Gasteiger charge is 2.20. The first-order chi connectivity index (χ1) is 13.7. The zero-order valence-corrected chi connectivity index (χ0v) is 16.5. The molecule has 0 unspecified atom stereocenters. The summed E-state index contributed by atoms with van der Waals surface area (Å²) in [6, 6.07) is 12.0. The molecule has 0 aliphatic carbocycles. The molecular weight excluding hydrogens is 352 g/mol. The molecule has 1 aromatic carbocycles. The Labute approximate surface area is 166 Å². The van der Waals surface area contributed by atoms with Crippen molar-refractivity contribution < 1.29 is 9.57 Å². The van der Waals surface area contributed by atoms with Crippen molar-refractivity contribution in [1.82, 2.24) is 10.2 Å². The zero-order valence-electron chi connectivity index (χ0n) is 16.5. The van der Waals surface area contributed by atoms with Crippen LogP contribution in [0.15, 0.2) is 54.2 Å². The van der Waals surface area contributed by atoms with Crippen molar-refractivity contribution in [3.8, 4) is 5.75 Å². The van der Waals surface area contributed by atoms with Gasteiger partial charge in [0, 0.05) is 13.1 Å². The van der Waals surface area contributed by atoms with Gasteiger partial charge in [0.1, 0.15) is 12.4 Å². The normalized spacial score (nSPS) is 15.0. The first kappa shape index (κ1) is 19.9. The maximum atomic E-state index is 5.95. The molecule has 0 amide bonds. The molecule has 1 aliphatic rings. The predicted octanol–water partition coefficient (Wildman–Crippen LogP) is 4.01. The Kier molecular flexibility index (Phi) is 7.41. The molecule has 0 saturated carbocycles. The smallest absolute Gasteiger partial charge is 0.151 e. The van der Waals surface area contributed by atoms with Crippen molar-refractivity contribution in [1.29, 1.82) is 0 Å². The van der Waals surface area contributed by atoms with E-state index >= 15 is 0 Å². The van der Waals surface area contributed by atoms with Gasteiger partial charge in [0.25, 0.3) is 0 Å². The van der Waals surface area contributed by atoms with E-state index < -0.39 is 0 Å². The van der Waals surface area contributed by atoms with Gasteiger partial charge in [0.05, 0.1) is 18.5 Å². The van der Waals surface area contributed by atoms with Gasteiger partial charge in [0.15, 0.2) is 5.82 Å². The fourth-order valence-electron chi connectivity index (χ4n) is 3.23. The van der Waals surface area contributed by atoms with Crippen molar-refractivity contribution in [2.75, 3.05) is 31.2 Å². The van der Waals surface area contributed by atoms with Crippen LogP contribution in [-0.4, -0.2) is 42.7 Å². The van der Waals surface area contributed by atoms with E-state index in [-0.39, 0.29) is 0 Å². The Balaban J connectivity index is 1.39. The van der Waals surface area contributed by atoms with Crippen LogP contribution in [0.2, 0.25) is 0 Å². The van der Waals surface area contributed by atoms with Crippen molar-refractivity contribution >= 4 is 12.0 Å². The Morgan fingerprint density at radius 2 is 2.07 bits per heavy atom. The summed E-state index contributed by atoms with van der Waals surface area (Å²) in [5.74, 6) is 2.53. The van der Waals surface area contributed by atoms with Gasteiger partial charge in [-0.2, -0.15) is 5.10 Å². The van der Waals surface area contributed by atoms with Crippen LogP contribution in [0.3, 0.4) is 0 Å². The lowest BCUT2D eigenvalue weighted by Crippen LogP contribution is -2.34. The van der Waals surface area contributed by atoms with E-state index in [2.05, 4.69) is 32.9 Å². The molecule has 1 saturated heterocycles. The number of nitrogens with zero attached hydrogens (tertiary/aromatic N) is 4. The van der Waals surface area contributed by atoms with Gasteiger partial charge in [0.2, 0.25) is 0 Å². The number of hydrogen-bond acceptors (Lipinski definition) is 6. The van der Waals surface area contributed by atoms with Crippen LogP contribution in [0.4, 0.5) is 5.82 Å². The lowest BCUT2D eigenvalue weighted by atomic mass is 9.94. The minimum absolute atomic E-state index is 0.405. The summed E-state index contributed by atoms with van der Waals surface area (Å²) < 4.78 is 5.95. The van der Waals surface area contributed by atoms with Crippen LogP contribution < -0.4 is 9.64 Å². The third-order valence-electron chi connectivity index (χ3n) is 4.84. The highest BCUT2D eigenvalue weighted by atomic mass is 16.6. The van der Waals surface area contributed by atoms with E-state index in [9.17, 15) is 0 Å². The van der Waals surface area contributed by atoms with Gasteiger partial charge in [-0.1, -0.05) is 29.9 Å². The number of piperidine rings is 1. The van der Waals surface area contributed by atoms with E-state index in [4.69, 9.17) is 9.57 Å². The minimum atomic E-state index is 0.405. The SMILES string of the molecule is C=CCON=Cc1cccc(OCCC2CCN(c3ccc(C)nn3)CC2)c1. The fraction of sp³-hybridized carbons (Fsp3) is 0.409. The van der Waals surface area contributed by atoms with Crippen LogP contribution in [-0.2, 0) is 4.84 Å². The Morgan fingerprint density at radius 3 is 2.82 bits per heavy atom. The third kappa shape index (κ3) is 6.08. The molecule has 2 heterocycles. The summed E-state index contributed by atoms with van der Waals surface area (Å²) in [5.41, 5.74) is 1.91. The summed E-state index contributed by atoms with van der Waals surface area (Å²) in [6.45, 7) is 8.73. The first-order valence-electron chi connectivity index (χ1n) is 9.79. The molecule has 0 atom stereocenters. The molecule has 148 valence electrons. The summed E-state index contributed by atoms with van der Waals surface area (Å²) in [6.07, 6.45) is 6.72. The van der Waals surface area contributed by atoms with E-state index in [1.807, 2.05) is 37.3 Å². The van der Waals surface area contributed by atoms with Crippen molar-refractivity contribution in [3.05, 3.63) is 60.3 Å². The Hall–Kier alpha value is -2.89. The molecule has 0 N–H and O–H groups in total. The van der Waals surface area contributed by atoms with Crippen LogP contribution in [0.25, 0.3) is 0 Å². The summed E-state index contributed by atoms with van der Waals surface area (Å²) in [7, 11) is 0. The molecular formula is C22H28N4O2. The van der Waals surface area contributed by atoms with Crippen LogP contribution in [0, 0.1) is 12.8 Å². The number of hydrogen-bond donors (Lipinski definition) is 0. The van der Waals surface area contributed by atoms with Gasteiger partial charge in [-0.3, -0.25) is 0 Å². The van der Waals surface area contributed by atoms with E-state index in [0.717, 1.165) is 61.8 Å². The summed E-state index contributed by atoms with van der Waals surface area (Å²) in [4.78, 5) is 7.35. The second kappa shape index (κ2) is 10.4. The van der Waals surface area contributed by atoms with Crippen LogP contribution in [0.1, 0.15) is 30.5 Å². The van der Waals surface area contributed by atoms with Gasteiger partial charge in [-0.05, 0) is 61.9 Å². The molecule has 28 heavy (non-hydrogen) atoms. The number of oxime groups is 1. The number of aromatic nitrogens is 2. The molecule has 1 aromatic heterocycles. The number of benzene rings is 1. The number of aryl methyl sites for hydroxylation is 1. The van der Waals surface area contributed by atoms with Crippen LogP contribution in [0.5, 0.6) is 5.75 Å². The molecule has 0 bridgehead atoms. The van der Waals surface area contributed by atoms with Gasteiger partial charge in [-0.25, -0.2) is 0 Å². The maximum Gasteiger partial charge on any atom is 0.151 e. The second-order valence-electron chi connectivity index (χ2n) is 6.99. The zero-order chi connectivity index (χ0) is 19.6. The van der Waals surface area contributed by atoms with Crippen LogP contribution >= 0.6 is 0 Å². The standard InChI is InChI=1S/C22H28N4O2/c1-3-14-28-23-17-20-5-4-6-21(16-20)27-15-11-19-9-12-26(13-10-19)22-8-7-18(2)24-25-22/h3-8,16-17,19H,1,9-15H2,2H3. The van der Waals surface area contributed by atoms with E-state index in [1.165, 1.54) is 0 Å². The fourth-order valence-corrected chi connectivity index (χ4v) is 3.23. The monoisotopic (exact) mass is 380 g/mol. The number of rotatable bonds is 9. The van der Waals surface area contributed by atoms with Crippen molar-refractivity contribution in [3.63, 3.8) is 0 Å². The van der Waals surface area contributed by atoms with Gasteiger partial charge >= 0.3 is 0 Å². The third-order valence-corrected chi connectivity index (χ3v) is 4.84. The predicted molar refractivity (Wildman–Crippen MR) is 112 cm³/mol. The lowest BCUT2D eigenvalue weighted by Gasteiger charge is -2.32. The first-order valence-corrected chi connectivity index (χ1v) is 9.79. The quantitative estimate of drug-likeness (QED) is 0.285. The highest BCUT2D eigenvalue weighted by Crippen LogP contribution is 2.24. The molecule has 6 nitrogen and oxygen atoms in total. The van der Waals surface area contributed by atoms with Gasteiger partial charge < -0.3 is 14.5 Å². The van der Waals surface area contributed by atoms with Crippen molar-refractivity contribution in [2.24, 2.45) is 11.1 Å². The number of ether oxygens (including phenoxy) is 1. The molecule has 1 aliphatic heterocycles. The van der Waals surface area contributed by atoms with Crippen molar-refractivity contribution in [2.45, 2.75) is 26.2 Å². The van der Waals surface area contributed by atoms with Gasteiger partial charge in [-0.15, -0.1) is 5.10 Å². The topological polar surface area (TPSA) is 59.8 Å². The highest BCUT2D eigenvalue weighted by molar-refractivity contribution is 5.79. The largest absolute Gasteiger partial charge is 0.494 e. The van der Waals surface area contributed by atoms with E-state index in [0.29, 0.717) is 12.5 Å². The maximum absolute atomic E-state index is 5.95. The molecule has 2 aromatic rings. The average Bonchev–Trinajstić information content (AvgIpc) is 2.73. The second-order valence-corrected chi connectivity index (χ2v) is 6.99. The molecule has 1 fully saturated rings. The molecule has 6 heteroatoms. The minimum Gasteiger partial charge on any atom is -0.494 e. The molecule has 0 radical (unpaired) electrons. The number of anilines is 1. The lowest BCUT2D eigenvalue weighted by molar-refractivity contribution is 0.176. The summed E-state index contributed by atoms with van der Waals surface area (Å²) >= 11 is 0. The molecule has 3 rings (SSSR count). The summed E-state index contributed by atoms with van der Waals surface area (Å²) in [5, 5.41) is 12.4.